The maximum absolute atomic E-state index is 11.6. The predicted molar refractivity (Wildman–Crippen MR) is 79.9 cm³/mol. The van der Waals surface area contributed by atoms with Crippen LogP contribution in [0.3, 0.4) is 0 Å². The number of thioether (sulfide) groups is 2. The highest BCUT2D eigenvalue weighted by Gasteiger charge is 2.04. The first-order valence-corrected chi connectivity index (χ1v) is 7.98. The van der Waals surface area contributed by atoms with Gasteiger partial charge in [-0.3, -0.25) is 9.59 Å². The molecule has 0 radical (unpaired) electrons. The standard InChI is InChI=1S/C13H17NO3S2/c1-10-4-2-3-5-11(10)19-8-12(15)14-6-7-18-9-13(16)17/h2-5H,6-9H2,1H3,(H,14,15)(H,16,17). The van der Waals surface area contributed by atoms with Crippen molar-refractivity contribution in [3.05, 3.63) is 29.8 Å². The first-order chi connectivity index (χ1) is 9.09. The van der Waals surface area contributed by atoms with Crippen molar-refractivity contribution in [2.45, 2.75) is 11.8 Å². The van der Waals surface area contributed by atoms with E-state index in [0.717, 1.165) is 10.5 Å². The Bertz CT molecular complexity index is 438. The van der Waals surface area contributed by atoms with Crippen LogP contribution in [-0.4, -0.2) is 40.8 Å². The van der Waals surface area contributed by atoms with Crippen LogP contribution < -0.4 is 5.32 Å². The van der Waals surface area contributed by atoms with Gasteiger partial charge >= 0.3 is 5.97 Å². The molecular formula is C13H17NO3S2. The number of nitrogens with one attached hydrogen (secondary N) is 1. The summed E-state index contributed by atoms with van der Waals surface area (Å²) < 4.78 is 0. The fourth-order valence-corrected chi connectivity index (χ4v) is 2.76. The normalized spacial score (nSPS) is 10.2. The van der Waals surface area contributed by atoms with Crippen LogP contribution in [0.5, 0.6) is 0 Å². The van der Waals surface area contributed by atoms with E-state index in [4.69, 9.17) is 5.11 Å². The van der Waals surface area contributed by atoms with Crippen molar-refractivity contribution in [3.63, 3.8) is 0 Å². The number of aliphatic carboxylic acids is 1. The van der Waals surface area contributed by atoms with Gasteiger partial charge < -0.3 is 10.4 Å². The van der Waals surface area contributed by atoms with Crippen molar-refractivity contribution in [1.29, 1.82) is 0 Å². The van der Waals surface area contributed by atoms with Gasteiger partial charge in [-0.2, -0.15) is 0 Å². The third kappa shape index (κ3) is 7.12. The van der Waals surface area contributed by atoms with Crippen LogP contribution >= 0.6 is 23.5 Å². The van der Waals surface area contributed by atoms with Crippen molar-refractivity contribution in [3.8, 4) is 0 Å². The van der Waals surface area contributed by atoms with E-state index in [2.05, 4.69) is 5.32 Å². The molecule has 0 aliphatic heterocycles. The number of carboxylic acids is 1. The summed E-state index contributed by atoms with van der Waals surface area (Å²) in [4.78, 5) is 23.0. The lowest BCUT2D eigenvalue weighted by Gasteiger charge is -2.06. The minimum Gasteiger partial charge on any atom is -0.481 e. The first-order valence-electron chi connectivity index (χ1n) is 5.84. The lowest BCUT2D eigenvalue weighted by Crippen LogP contribution is -2.27. The zero-order valence-electron chi connectivity index (χ0n) is 10.7. The predicted octanol–water partition coefficient (Wildman–Crippen LogP) is 2.02. The summed E-state index contributed by atoms with van der Waals surface area (Å²) in [6.45, 7) is 2.52. The minimum atomic E-state index is -0.827. The Morgan fingerprint density at radius 3 is 2.68 bits per heavy atom. The highest BCUT2D eigenvalue weighted by atomic mass is 32.2. The Morgan fingerprint density at radius 2 is 2.00 bits per heavy atom. The summed E-state index contributed by atoms with van der Waals surface area (Å²) in [7, 11) is 0. The van der Waals surface area contributed by atoms with Crippen LogP contribution in [0, 0.1) is 6.92 Å². The van der Waals surface area contributed by atoms with E-state index in [1.807, 2.05) is 31.2 Å². The molecule has 6 heteroatoms. The van der Waals surface area contributed by atoms with Crippen molar-refractivity contribution in [2.75, 3.05) is 23.8 Å². The number of carbonyl (C=O) groups is 2. The highest BCUT2D eigenvalue weighted by Crippen LogP contribution is 2.21. The van der Waals surface area contributed by atoms with E-state index >= 15 is 0 Å². The molecule has 0 aromatic heterocycles. The van der Waals surface area contributed by atoms with Gasteiger partial charge in [0, 0.05) is 17.2 Å². The SMILES string of the molecule is Cc1ccccc1SCC(=O)NCCSCC(=O)O. The van der Waals surface area contributed by atoms with E-state index in [1.165, 1.54) is 23.5 Å². The summed E-state index contributed by atoms with van der Waals surface area (Å²) in [6, 6.07) is 7.94. The van der Waals surface area contributed by atoms with Crippen LogP contribution in [0.15, 0.2) is 29.2 Å². The third-order valence-corrected chi connectivity index (χ3v) is 4.37. The number of hydrogen-bond donors (Lipinski definition) is 2. The maximum atomic E-state index is 11.6. The molecule has 0 saturated heterocycles. The van der Waals surface area contributed by atoms with Gasteiger partial charge in [-0.1, -0.05) is 18.2 Å². The molecule has 1 aromatic carbocycles. The number of carbonyl (C=O) groups excluding carboxylic acids is 1. The van der Waals surface area contributed by atoms with Crippen LogP contribution in [0.1, 0.15) is 5.56 Å². The summed E-state index contributed by atoms with van der Waals surface area (Å²) in [5, 5.41) is 11.2. The molecule has 0 unspecified atom stereocenters. The van der Waals surface area contributed by atoms with Crippen molar-refractivity contribution < 1.29 is 14.7 Å². The molecule has 0 aliphatic carbocycles. The number of carboxylic acid groups (broad SMARTS) is 1. The fourth-order valence-electron chi connectivity index (χ4n) is 1.33. The van der Waals surface area contributed by atoms with Crippen molar-refractivity contribution in [2.24, 2.45) is 0 Å². The Morgan fingerprint density at radius 1 is 1.26 bits per heavy atom. The van der Waals surface area contributed by atoms with E-state index < -0.39 is 5.97 Å². The Balaban J connectivity index is 2.15. The van der Waals surface area contributed by atoms with Gasteiger partial charge in [-0.25, -0.2) is 0 Å². The second-order valence-electron chi connectivity index (χ2n) is 3.85. The van der Waals surface area contributed by atoms with Crippen molar-refractivity contribution >= 4 is 35.4 Å². The molecule has 1 amide bonds. The molecule has 0 heterocycles. The quantitative estimate of drug-likeness (QED) is 0.568. The Labute approximate surface area is 121 Å². The number of rotatable bonds is 8. The summed E-state index contributed by atoms with van der Waals surface area (Å²) in [6.07, 6.45) is 0. The molecular weight excluding hydrogens is 282 g/mol. The molecule has 0 saturated carbocycles. The van der Waals surface area contributed by atoms with E-state index in [1.54, 1.807) is 0 Å². The third-order valence-electron chi connectivity index (χ3n) is 2.25. The van der Waals surface area contributed by atoms with Gasteiger partial charge in [0.1, 0.15) is 0 Å². The second kappa shape index (κ2) is 8.87. The Hall–Kier alpha value is -1.14. The summed E-state index contributed by atoms with van der Waals surface area (Å²) in [5.41, 5.74) is 1.16. The zero-order valence-corrected chi connectivity index (χ0v) is 12.4. The average molecular weight is 299 g/mol. The number of benzene rings is 1. The first kappa shape index (κ1) is 15.9. The molecule has 2 N–H and O–H groups in total. The highest BCUT2D eigenvalue weighted by molar-refractivity contribution is 8.00. The van der Waals surface area contributed by atoms with Crippen LogP contribution in [0.4, 0.5) is 0 Å². The van der Waals surface area contributed by atoms with Crippen LogP contribution in [-0.2, 0) is 9.59 Å². The lowest BCUT2D eigenvalue weighted by atomic mass is 10.2. The van der Waals surface area contributed by atoms with Gasteiger partial charge in [0.05, 0.1) is 11.5 Å². The topological polar surface area (TPSA) is 66.4 Å². The largest absolute Gasteiger partial charge is 0.481 e. The Kier molecular flexibility index (Phi) is 7.43. The van der Waals surface area contributed by atoms with Crippen molar-refractivity contribution in [1.82, 2.24) is 5.32 Å². The monoisotopic (exact) mass is 299 g/mol. The fraction of sp³-hybridized carbons (Fsp3) is 0.385. The molecule has 0 bridgehead atoms. The van der Waals surface area contributed by atoms with Crippen LogP contribution in [0.2, 0.25) is 0 Å². The van der Waals surface area contributed by atoms with E-state index in [9.17, 15) is 9.59 Å². The average Bonchev–Trinajstić information content (AvgIpc) is 2.37. The summed E-state index contributed by atoms with van der Waals surface area (Å²) >= 11 is 2.81. The smallest absolute Gasteiger partial charge is 0.313 e. The molecule has 104 valence electrons. The molecule has 0 fully saturated rings. The second-order valence-corrected chi connectivity index (χ2v) is 5.97. The van der Waals surface area contributed by atoms with E-state index in [0.29, 0.717) is 18.1 Å². The van der Waals surface area contributed by atoms with Gasteiger partial charge in [0.25, 0.3) is 0 Å². The molecule has 1 rings (SSSR count). The maximum Gasteiger partial charge on any atom is 0.313 e. The van der Waals surface area contributed by atoms with Gasteiger partial charge in [0.2, 0.25) is 5.91 Å². The number of hydrogen-bond acceptors (Lipinski definition) is 4. The zero-order chi connectivity index (χ0) is 14.1. The van der Waals surface area contributed by atoms with Gasteiger partial charge in [-0.05, 0) is 18.6 Å². The summed E-state index contributed by atoms with van der Waals surface area (Å²) in [5.74, 6) is 0.227. The van der Waals surface area contributed by atoms with Gasteiger partial charge in [0.15, 0.2) is 0 Å². The van der Waals surface area contributed by atoms with Crippen LogP contribution in [0.25, 0.3) is 0 Å². The minimum absolute atomic E-state index is 0.0239. The van der Waals surface area contributed by atoms with E-state index in [-0.39, 0.29) is 11.7 Å². The molecule has 4 nitrogen and oxygen atoms in total. The number of amides is 1. The molecule has 0 atom stereocenters. The molecule has 0 aliphatic rings. The van der Waals surface area contributed by atoms with Gasteiger partial charge in [-0.15, -0.1) is 23.5 Å². The number of aryl methyl sites for hydroxylation is 1. The molecule has 0 spiro atoms. The molecule has 1 aromatic rings. The lowest BCUT2D eigenvalue weighted by molar-refractivity contribution is -0.133. The molecule has 19 heavy (non-hydrogen) atoms.